The van der Waals surface area contributed by atoms with E-state index in [1.165, 1.54) is 0 Å². The van der Waals surface area contributed by atoms with Gasteiger partial charge in [0.2, 0.25) is 0 Å². The molecular formula is C13H15NO3. The van der Waals surface area contributed by atoms with Gasteiger partial charge in [0.25, 0.3) is 5.91 Å². The minimum atomic E-state index is -0.305. The van der Waals surface area contributed by atoms with Crippen LogP contribution in [0.3, 0.4) is 0 Å². The number of carbonyl (C=O) groups excluding carboxylic acids is 1. The van der Waals surface area contributed by atoms with E-state index in [-0.39, 0.29) is 24.3 Å². The highest BCUT2D eigenvalue weighted by molar-refractivity contribution is 5.96. The number of benzene rings is 1. The van der Waals surface area contributed by atoms with E-state index in [9.17, 15) is 4.79 Å². The average molecular weight is 233 g/mol. The lowest BCUT2D eigenvalue weighted by atomic mass is 10.2. The van der Waals surface area contributed by atoms with Crippen LogP contribution in [0.4, 0.5) is 0 Å². The normalized spacial score (nSPS) is 12.6. The Morgan fingerprint density at radius 1 is 1.47 bits per heavy atom. The third kappa shape index (κ3) is 2.47. The third-order valence-electron chi connectivity index (χ3n) is 2.55. The van der Waals surface area contributed by atoms with E-state index in [4.69, 9.17) is 9.52 Å². The lowest BCUT2D eigenvalue weighted by Gasteiger charge is -2.08. The predicted molar refractivity (Wildman–Crippen MR) is 65.0 cm³/mol. The molecule has 17 heavy (non-hydrogen) atoms. The maximum absolute atomic E-state index is 11.8. The molecule has 0 unspecified atom stereocenters. The van der Waals surface area contributed by atoms with Gasteiger partial charge in [0.1, 0.15) is 5.58 Å². The monoisotopic (exact) mass is 233 g/mol. The van der Waals surface area contributed by atoms with Crippen molar-refractivity contribution in [3.8, 4) is 0 Å². The molecule has 2 N–H and O–H groups in total. The quantitative estimate of drug-likeness (QED) is 0.850. The largest absolute Gasteiger partial charge is 0.451 e. The van der Waals surface area contributed by atoms with Crippen molar-refractivity contribution >= 4 is 16.9 Å². The smallest absolute Gasteiger partial charge is 0.287 e. The standard InChI is InChI=1S/C13H15NO3/c1-8-3-4-11-10(5-8)6-12(17-11)13(16)14-9(2)7-15/h3-6,9,15H,7H2,1-2H3,(H,14,16)/t9-/m1/s1. The van der Waals surface area contributed by atoms with Crippen molar-refractivity contribution in [2.24, 2.45) is 0 Å². The first-order chi connectivity index (χ1) is 8.10. The van der Waals surface area contributed by atoms with Gasteiger partial charge in [0.05, 0.1) is 6.61 Å². The fourth-order valence-corrected chi connectivity index (χ4v) is 1.62. The first kappa shape index (κ1) is 11.7. The van der Waals surface area contributed by atoms with E-state index in [2.05, 4.69) is 5.32 Å². The summed E-state index contributed by atoms with van der Waals surface area (Å²) in [5.41, 5.74) is 1.81. The summed E-state index contributed by atoms with van der Waals surface area (Å²) in [6.45, 7) is 3.62. The second-order valence-corrected chi connectivity index (χ2v) is 4.21. The molecule has 1 atom stereocenters. The zero-order valence-electron chi connectivity index (χ0n) is 9.86. The lowest BCUT2D eigenvalue weighted by Crippen LogP contribution is -2.34. The van der Waals surface area contributed by atoms with Crippen LogP contribution >= 0.6 is 0 Å². The number of nitrogens with one attached hydrogen (secondary N) is 1. The number of aliphatic hydroxyl groups excluding tert-OH is 1. The molecule has 1 aromatic heterocycles. The Morgan fingerprint density at radius 2 is 2.24 bits per heavy atom. The molecule has 0 radical (unpaired) electrons. The second-order valence-electron chi connectivity index (χ2n) is 4.21. The summed E-state index contributed by atoms with van der Waals surface area (Å²) < 4.78 is 5.44. The van der Waals surface area contributed by atoms with Crippen LogP contribution in [0.2, 0.25) is 0 Å². The van der Waals surface area contributed by atoms with Gasteiger partial charge in [-0.05, 0) is 32.0 Å². The minimum absolute atomic E-state index is 0.0922. The number of aryl methyl sites for hydroxylation is 1. The summed E-state index contributed by atoms with van der Waals surface area (Å²) >= 11 is 0. The Labute approximate surface area is 99.2 Å². The summed E-state index contributed by atoms with van der Waals surface area (Å²) in [5.74, 6) is -0.0358. The number of furan rings is 1. The number of carbonyl (C=O) groups is 1. The van der Waals surface area contributed by atoms with Crippen LogP contribution in [0.25, 0.3) is 11.0 Å². The van der Waals surface area contributed by atoms with Crippen LogP contribution in [-0.2, 0) is 0 Å². The lowest BCUT2D eigenvalue weighted by molar-refractivity contribution is 0.0896. The highest BCUT2D eigenvalue weighted by Gasteiger charge is 2.14. The highest BCUT2D eigenvalue weighted by Crippen LogP contribution is 2.20. The van der Waals surface area contributed by atoms with Crippen molar-refractivity contribution in [3.05, 3.63) is 35.6 Å². The number of aliphatic hydroxyl groups is 1. The number of fused-ring (bicyclic) bond motifs is 1. The Morgan fingerprint density at radius 3 is 2.94 bits per heavy atom. The van der Waals surface area contributed by atoms with Crippen molar-refractivity contribution < 1.29 is 14.3 Å². The highest BCUT2D eigenvalue weighted by atomic mass is 16.3. The summed E-state index contributed by atoms with van der Waals surface area (Å²) in [6, 6.07) is 7.17. The predicted octanol–water partition coefficient (Wildman–Crippen LogP) is 1.85. The van der Waals surface area contributed by atoms with Gasteiger partial charge in [-0.1, -0.05) is 11.6 Å². The molecule has 2 aromatic rings. The van der Waals surface area contributed by atoms with Crippen molar-refractivity contribution in [1.29, 1.82) is 0 Å². The van der Waals surface area contributed by atoms with Crippen molar-refractivity contribution in [1.82, 2.24) is 5.32 Å². The van der Waals surface area contributed by atoms with Gasteiger partial charge in [-0.3, -0.25) is 4.79 Å². The van der Waals surface area contributed by atoms with Crippen molar-refractivity contribution in [2.45, 2.75) is 19.9 Å². The van der Waals surface area contributed by atoms with E-state index in [1.807, 2.05) is 25.1 Å². The van der Waals surface area contributed by atoms with Crippen LogP contribution in [-0.4, -0.2) is 23.7 Å². The van der Waals surface area contributed by atoms with Crippen LogP contribution in [0, 0.1) is 6.92 Å². The number of hydrogen-bond donors (Lipinski definition) is 2. The Balaban J connectivity index is 2.27. The van der Waals surface area contributed by atoms with Gasteiger partial charge in [0.15, 0.2) is 5.76 Å². The maximum Gasteiger partial charge on any atom is 0.287 e. The minimum Gasteiger partial charge on any atom is -0.451 e. The van der Waals surface area contributed by atoms with Gasteiger partial charge in [-0.2, -0.15) is 0 Å². The van der Waals surface area contributed by atoms with Gasteiger partial charge >= 0.3 is 0 Å². The van der Waals surface area contributed by atoms with Crippen molar-refractivity contribution in [2.75, 3.05) is 6.61 Å². The van der Waals surface area contributed by atoms with Gasteiger partial charge in [0, 0.05) is 11.4 Å². The molecule has 1 amide bonds. The SMILES string of the molecule is Cc1ccc2oc(C(=O)N[C@H](C)CO)cc2c1. The van der Waals surface area contributed by atoms with Crippen LogP contribution < -0.4 is 5.32 Å². The van der Waals surface area contributed by atoms with Gasteiger partial charge in [-0.15, -0.1) is 0 Å². The molecule has 1 aromatic carbocycles. The molecule has 0 bridgehead atoms. The van der Waals surface area contributed by atoms with Crippen molar-refractivity contribution in [3.63, 3.8) is 0 Å². The molecule has 4 heteroatoms. The summed E-state index contributed by atoms with van der Waals surface area (Å²) in [6.07, 6.45) is 0. The molecular weight excluding hydrogens is 218 g/mol. The van der Waals surface area contributed by atoms with E-state index in [1.54, 1.807) is 13.0 Å². The van der Waals surface area contributed by atoms with E-state index in [0.717, 1.165) is 10.9 Å². The Bertz CT molecular complexity index is 545. The second kappa shape index (κ2) is 4.59. The molecule has 0 aliphatic carbocycles. The Kier molecular flexibility index (Phi) is 3.15. The fraction of sp³-hybridized carbons (Fsp3) is 0.308. The summed E-state index contributed by atoms with van der Waals surface area (Å²) in [7, 11) is 0. The van der Waals surface area contributed by atoms with Gasteiger partial charge in [-0.25, -0.2) is 0 Å². The molecule has 1 heterocycles. The molecule has 0 fully saturated rings. The van der Waals surface area contributed by atoms with Gasteiger partial charge < -0.3 is 14.8 Å². The first-order valence-electron chi connectivity index (χ1n) is 5.52. The molecule has 0 saturated heterocycles. The maximum atomic E-state index is 11.8. The number of amides is 1. The zero-order valence-corrected chi connectivity index (χ0v) is 9.86. The molecule has 90 valence electrons. The van der Waals surface area contributed by atoms with E-state index in [0.29, 0.717) is 5.58 Å². The molecule has 0 spiro atoms. The van der Waals surface area contributed by atoms with Crippen LogP contribution in [0.5, 0.6) is 0 Å². The van der Waals surface area contributed by atoms with Crippen LogP contribution in [0.15, 0.2) is 28.7 Å². The molecule has 0 aliphatic rings. The molecule has 4 nitrogen and oxygen atoms in total. The van der Waals surface area contributed by atoms with E-state index >= 15 is 0 Å². The number of rotatable bonds is 3. The Hall–Kier alpha value is -1.81. The summed E-state index contributed by atoms with van der Waals surface area (Å²) in [4.78, 5) is 11.8. The topological polar surface area (TPSA) is 62.5 Å². The fourth-order valence-electron chi connectivity index (χ4n) is 1.62. The average Bonchev–Trinajstić information content (AvgIpc) is 2.71. The van der Waals surface area contributed by atoms with E-state index < -0.39 is 0 Å². The number of hydrogen-bond acceptors (Lipinski definition) is 3. The van der Waals surface area contributed by atoms with Crippen LogP contribution in [0.1, 0.15) is 23.0 Å². The first-order valence-corrected chi connectivity index (χ1v) is 5.52. The molecule has 2 rings (SSSR count). The third-order valence-corrected chi connectivity index (χ3v) is 2.55. The molecule has 0 aliphatic heterocycles. The summed E-state index contributed by atoms with van der Waals surface area (Å²) in [5, 5.41) is 12.4. The molecule has 0 saturated carbocycles. The zero-order chi connectivity index (χ0) is 12.4.